The minimum Gasteiger partial charge on any atom is -0.396 e. The Morgan fingerprint density at radius 2 is 2.00 bits per heavy atom. The van der Waals surface area contributed by atoms with Crippen molar-refractivity contribution in [2.24, 2.45) is 0 Å². The molecule has 0 aliphatic rings. The van der Waals surface area contributed by atoms with Gasteiger partial charge in [0.05, 0.1) is 5.75 Å². The predicted octanol–water partition coefficient (Wildman–Crippen LogP) is 2.10. The van der Waals surface area contributed by atoms with E-state index in [-0.39, 0.29) is 23.5 Å². The topological polar surface area (TPSA) is 66.4 Å². The van der Waals surface area contributed by atoms with Crippen LogP contribution in [-0.4, -0.2) is 34.5 Å². The molecule has 0 radical (unpaired) electrons. The summed E-state index contributed by atoms with van der Waals surface area (Å²) in [5.74, 6) is -0.577. The number of aliphatic hydroxyl groups is 1. The average molecular weight is 302 g/mol. The number of thioether (sulfide) groups is 1. The zero-order chi connectivity index (χ0) is 14.3. The van der Waals surface area contributed by atoms with Crippen LogP contribution in [0.1, 0.15) is 23.7 Å². The van der Waals surface area contributed by atoms with Gasteiger partial charge in [-0.25, -0.2) is 0 Å². The van der Waals surface area contributed by atoms with Gasteiger partial charge in [0, 0.05) is 22.4 Å². The molecular formula is C13H16ClNO3S. The maximum absolute atomic E-state index is 11.7. The monoisotopic (exact) mass is 301 g/mol. The van der Waals surface area contributed by atoms with Crippen molar-refractivity contribution in [3.05, 3.63) is 34.9 Å². The van der Waals surface area contributed by atoms with Crippen LogP contribution >= 0.6 is 23.4 Å². The molecule has 1 atom stereocenters. The quantitative estimate of drug-likeness (QED) is 0.844. The smallest absolute Gasteiger partial charge is 0.257 e. The highest BCUT2D eigenvalue weighted by Gasteiger charge is 2.11. The summed E-state index contributed by atoms with van der Waals surface area (Å²) in [7, 11) is 0. The number of carbonyl (C=O) groups is 2. The lowest BCUT2D eigenvalue weighted by Crippen LogP contribution is -2.32. The van der Waals surface area contributed by atoms with E-state index in [0.29, 0.717) is 17.0 Å². The molecule has 6 heteroatoms. The van der Waals surface area contributed by atoms with Crippen molar-refractivity contribution >= 4 is 35.2 Å². The zero-order valence-electron chi connectivity index (χ0n) is 10.6. The van der Waals surface area contributed by atoms with Gasteiger partial charge in [-0.15, -0.1) is 11.8 Å². The molecule has 4 nitrogen and oxygen atoms in total. The van der Waals surface area contributed by atoms with Crippen LogP contribution in [0.5, 0.6) is 0 Å². The summed E-state index contributed by atoms with van der Waals surface area (Å²) in [6, 6.07) is 6.32. The first-order valence-electron chi connectivity index (χ1n) is 5.85. The third-order valence-electron chi connectivity index (χ3n) is 2.39. The second-order valence-electron chi connectivity index (χ2n) is 4.02. The van der Waals surface area contributed by atoms with Crippen molar-refractivity contribution in [1.29, 1.82) is 0 Å². The molecule has 0 heterocycles. The highest BCUT2D eigenvalue weighted by Crippen LogP contribution is 2.13. The third-order valence-corrected chi connectivity index (χ3v) is 3.88. The predicted molar refractivity (Wildman–Crippen MR) is 77.5 cm³/mol. The molecule has 1 unspecified atom stereocenters. The van der Waals surface area contributed by atoms with E-state index in [1.165, 1.54) is 11.8 Å². The maximum atomic E-state index is 11.7. The average Bonchev–Trinajstić information content (AvgIpc) is 2.37. The SMILES string of the molecule is CC(CCO)SCC(=O)NC(=O)c1ccc(Cl)cc1. The van der Waals surface area contributed by atoms with Crippen LogP contribution in [0.2, 0.25) is 5.02 Å². The van der Waals surface area contributed by atoms with Gasteiger partial charge in [0.25, 0.3) is 5.91 Å². The number of amides is 2. The summed E-state index contributed by atoms with van der Waals surface area (Å²) in [5, 5.41) is 11.8. The number of nitrogens with one attached hydrogen (secondary N) is 1. The third kappa shape index (κ3) is 6.09. The minimum absolute atomic E-state index is 0.0967. The van der Waals surface area contributed by atoms with Gasteiger partial charge in [-0.05, 0) is 30.7 Å². The zero-order valence-corrected chi connectivity index (χ0v) is 12.1. The summed E-state index contributed by atoms with van der Waals surface area (Å²) in [4.78, 5) is 23.3. The Hall–Kier alpha value is -1.04. The molecule has 0 aliphatic heterocycles. The van der Waals surface area contributed by atoms with Crippen LogP contribution < -0.4 is 5.32 Å². The fourth-order valence-corrected chi connectivity index (χ4v) is 2.23. The maximum Gasteiger partial charge on any atom is 0.257 e. The van der Waals surface area contributed by atoms with E-state index >= 15 is 0 Å². The number of imide groups is 1. The van der Waals surface area contributed by atoms with E-state index in [9.17, 15) is 9.59 Å². The van der Waals surface area contributed by atoms with Crippen LogP contribution in [0.4, 0.5) is 0 Å². The second-order valence-corrected chi connectivity index (χ2v) is 5.88. The van der Waals surface area contributed by atoms with Crippen LogP contribution in [0, 0.1) is 0 Å². The lowest BCUT2D eigenvalue weighted by molar-refractivity contribution is -0.117. The van der Waals surface area contributed by atoms with Gasteiger partial charge in [-0.1, -0.05) is 18.5 Å². The van der Waals surface area contributed by atoms with E-state index in [1.54, 1.807) is 24.3 Å². The Morgan fingerprint density at radius 1 is 1.37 bits per heavy atom. The molecule has 0 aromatic heterocycles. The van der Waals surface area contributed by atoms with Crippen LogP contribution in [-0.2, 0) is 4.79 Å². The van der Waals surface area contributed by atoms with Crippen molar-refractivity contribution in [1.82, 2.24) is 5.32 Å². The van der Waals surface area contributed by atoms with Crippen molar-refractivity contribution in [2.45, 2.75) is 18.6 Å². The molecule has 1 rings (SSSR count). The summed E-state index contributed by atoms with van der Waals surface area (Å²) < 4.78 is 0. The molecule has 104 valence electrons. The van der Waals surface area contributed by atoms with Crippen LogP contribution in [0.3, 0.4) is 0 Å². The molecule has 1 aromatic rings. The fourth-order valence-electron chi connectivity index (χ4n) is 1.32. The first kappa shape index (κ1) is 16.0. The summed E-state index contributed by atoms with van der Waals surface area (Å²) in [6.45, 7) is 2.02. The van der Waals surface area contributed by atoms with Crippen LogP contribution in [0.15, 0.2) is 24.3 Å². The molecule has 2 amide bonds. The second kappa shape index (κ2) is 8.19. The van der Waals surface area contributed by atoms with Gasteiger partial charge in [-0.3, -0.25) is 14.9 Å². The highest BCUT2D eigenvalue weighted by molar-refractivity contribution is 8.00. The Balaban J connectivity index is 2.40. The minimum atomic E-state index is -0.433. The lowest BCUT2D eigenvalue weighted by atomic mass is 10.2. The Morgan fingerprint density at radius 3 is 2.58 bits per heavy atom. The number of aliphatic hydroxyl groups excluding tert-OH is 1. The molecule has 0 fully saturated rings. The Bertz CT molecular complexity index is 436. The van der Waals surface area contributed by atoms with Gasteiger partial charge < -0.3 is 5.11 Å². The van der Waals surface area contributed by atoms with Gasteiger partial charge >= 0.3 is 0 Å². The standard InChI is InChI=1S/C13H16ClNO3S/c1-9(6-7-16)19-8-12(17)15-13(18)10-2-4-11(14)5-3-10/h2-5,9,16H,6-8H2,1H3,(H,15,17,18). The molecule has 0 saturated heterocycles. The normalized spacial score (nSPS) is 11.9. The van der Waals surface area contributed by atoms with E-state index in [4.69, 9.17) is 16.7 Å². The van der Waals surface area contributed by atoms with E-state index in [1.807, 2.05) is 6.92 Å². The largest absolute Gasteiger partial charge is 0.396 e. The van der Waals surface area contributed by atoms with Crippen molar-refractivity contribution in [3.8, 4) is 0 Å². The van der Waals surface area contributed by atoms with Gasteiger partial charge in [0.2, 0.25) is 5.91 Å². The first-order chi connectivity index (χ1) is 9.02. The molecule has 19 heavy (non-hydrogen) atoms. The van der Waals surface area contributed by atoms with Crippen molar-refractivity contribution in [2.75, 3.05) is 12.4 Å². The van der Waals surface area contributed by atoms with Crippen LogP contribution in [0.25, 0.3) is 0 Å². The number of carbonyl (C=O) groups excluding carboxylic acids is 2. The summed E-state index contributed by atoms with van der Waals surface area (Å²) >= 11 is 7.12. The number of benzene rings is 1. The molecule has 1 aromatic carbocycles. The Kier molecular flexibility index (Phi) is 6.91. The molecule has 2 N–H and O–H groups in total. The van der Waals surface area contributed by atoms with Gasteiger partial charge in [0.15, 0.2) is 0 Å². The number of hydrogen-bond donors (Lipinski definition) is 2. The van der Waals surface area contributed by atoms with Crippen molar-refractivity contribution in [3.63, 3.8) is 0 Å². The molecule has 0 aliphatic carbocycles. The Labute approximate surface area is 121 Å². The molecule has 0 spiro atoms. The fraction of sp³-hybridized carbons (Fsp3) is 0.385. The number of halogens is 1. The van der Waals surface area contributed by atoms with E-state index in [0.717, 1.165) is 0 Å². The highest BCUT2D eigenvalue weighted by atomic mass is 35.5. The van der Waals surface area contributed by atoms with E-state index in [2.05, 4.69) is 5.32 Å². The summed E-state index contributed by atoms with van der Waals surface area (Å²) in [5.41, 5.74) is 0.395. The van der Waals surface area contributed by atoms with E-state index < -0.39 is 5.91 Å². The first-order valence-corrected chi connectivity index (χ1v) is 7.28. The molecular weight excluding hydrogens is 286 g/mol. The molecule has 0 saturated carbocycles. The van der Waals surface area contributed by atoms with Gasteiger partial charge in [0.1, 0.15) is 0 Å². The number of hydrogen-bond acceptors (Lipinski definition) is 4. The van der Waals surface area contributed by atoms with Crippen molar-refractivity contribution < 1.29 is 14.7 Å². The number of rotatable bonds is 6. The van der Waals surface area contributed by atoms with Gasteiger partial charge in [-0.2, -0.15) is 0 Å². The summed E-state index contributed by atoms with van der Waals surface area (Å²) in [6.07, 6.45) is 0.628. The lowest BCUT2D eigenvalue weighted by Gasteiger charge is -2.09. The molecule has 0 bridgehead atoms.